The van der Waals surface area contributed by atoms with Crippen molar-refractivity contribution in [3.63, 3.8) is 0 Å². The summed E-state index contributed by atoms with van der Waals surface area (Å²) in [5.41, 5.74) is 1.26. The molecule has 2 aromatic rings. The van der Waals surface area contributed by atoms with E-state index in [1.54, 1.807) is 13.2 Å². The highest BCUT2D eigenvalue weighted by Crippen LogP contribution is 2.45. The lowest BCUT2D eigenvalue weighted by Crippen LogP contribution is -2.47. The van der Waals surface area contributed by atoms with Gasteiger partial charge in [-0.25, -0.2) is 17.5 Å². The van der Waals surface area contributed by atoms with Crippen LogP contribution in [0.2, 0.25) is 0 Å². The number of ether oxygens (including phenoxy) is 3. The number of piperazine rings is 1. The van der Waals surface area contributed by atoms with Crippen molar-refractivity contribution < 1.29 is 27.4 Å². The van der Waals surface area contributed by atoms with E-state index in [9.17, 15) is 13.2 Å². The van der Waals surface area contributed by atoms with Gasteiger partial charge in [0.1, 0.15) is 16.3 Å². The number of carbonyl (C=O) groups excluding carboxylic acids is 1. The number of benzene rings is 2. The van der Waals surface area contributed by atoms with E-state index >= 15 is 0 Å². The lowest BCUT2D eigenvalue weighted by atomic mass is 10.2. The molecular weight excluding hydrogens is 460 g/mol. The van der Waals surface area contributed by atoms with Crippen molar-refractivity contribution in [1.82, 2.24) is 9.21 Å². The number of hydrogen-bond donors (Lipinski definition) is 1. The number of para-hydroxylation sites is 2. The number of carbonyl (C=O) groups is 1. The Bertz CT molecular complexity index is 1180. The maximum absolute atomic E-state index is 13.1. The zero-order valence-corrected chi connectivity index (χ0v) is 19.8. The van der Waals surface area contributed by atoms with Gasteiger partial charge in [-0.2, -0.15) is 0 Å². The molecule has 0 aliphatic carbocycles. The maximum Gasteiger partial charge on any atom is 0.335 e. The number of fused-ring (bicyclic) bond motifs is 3. The molecule has 0 bridgehead atoms. The Labute approximate surface area is 199 Å². The number of nitrogens with one attached hydrogen (secondary N) is 1. The minimum absolute atomic E-state index is 0.00142. The predicted octanol–water partition coefficient (Wildman–Crippen LogP) is 2.56. The van der Waals surface area contributed by atoms with Crippen LogP contribution in [-0.2, 0) is 10.0 Å². The fraction of sp³-hybridized carbons (Fsp3) is 0.435. The van der Waals surface area contributed by atoms with Crippen molar-refractivity contribution in [2.45, 2.75) is 17.7 Å². The Balaban J connectivity index is 1.13. The molecule has 34 heavy (non-hydrogen) atoms. The minimum atomic E-state index is -3.95. The molecule has 0 aromatic heterocycles. The SMILES string of the molecule is COc1ccccc1N1CCN(CCCCN2C(=O)Nc3c(ccc4c3OCO4)S2(=O)=O)CC1. The zero-order chi connectivity index (χ0) is 23.7. The molecule has 3 aliphatic heterocycles. The average molecular weight is 489 g/mol. The Kier molecular flexibility index (Phi) is 6.13. The first-order valence-corrected chi connectivity index (χ1v) is 12.8. The number of nitrogens with zero attached hydrogens (tertiary/aromatic N) is 3. The molecule has 0 saturated carbocycles. The van der Waals surface area contributed by atoms with Crippen molar-refractivity contribution in [3.8, 4) is 17.2 Å². The highest BCUT2D eigenvalue weighted by Gasteiger charge is 2.39. The fourth-order valence-corrected chi connectivity index (χ4v) is 6.11. The summed E-state index contributed by atoms with van der Waals surface area (Å²) in [6, 6.07) is 10.4. The summed E-state index contributed by atoms with van der Waals surface area (Å²) in [6.07, 6.45) is 1.38. The number of anilines is 2. The highest BCUT2D eigenvalue weighted by atomic mass is 32.2. The number of rotatable bonds is 7. The molecular formula is C23H28N4O6S. The molecule has 0 radical (unpaired) electrons. The average Bonchev–Trinajstić information content (AvgIpc) is 3.33. The van der Waals surface area contributed by atoms with Crippen LogP contribution < -0.4 is 24.4 Å². The summed E-state index contributed by atoms with van der Waals surface area (Å²) < 4.78 is 43.2. The highest BCUT2D eigenvalue weighted by molar-refractivity contribution is 7.90. The van der Waals surface area contributed by atoms with Gasteiger partial charge in [0, 0.05) is 32.7 Å². The smallest absolute Gasteiger partial charge is 0.335 e. The van der Waals surface area contributed by atoms with E-state index < -0.39 is 16.1 Å². The fourth-order valence-electron chi connectivity index (χ4n) is 4.60. The van der Waals surface area contributed by atoms with Gasteiger partial charge in [-0.05, 0) is 43.7 Å². The number of methoxy groups -OCH3 is 1. The number of unbranched alkanes of at least 4 members (excludes halogenated alkanes) is 1. The van der Waals surface area contributed by atoms with E-state index in [0.29, 0.717) is 12.2 Å². The molecule has 0 atom stereocenters. The molecule has 1 N–H and O–H groups in total. The molecule has 3 heterocycles. The number of hydrogen-bond acceptors (Lipinski definition) is 8. The topological polar surface area (TPSA) is 101 Å². The first kappa shape index (κ1) is 22.6. The molecule has 0 unspecified atom stereocenters. The summed E-state index contributed by atoms with van der Waals surface area (Å²) in [5, 5.41) is 2.66. The van der Waals surface area contributed by atoms with Crippen LogP contribution in [0.3, 0.4) is 0 Å². The lowest BCUT2D eigenvalue weighted by molar-refractivity contribution is 0.174. The van der Waals surface area contributed by atoms with Crippen molar-refractivity contribution in [2.75, 3.05) is 63.4 Å². The lowest BCUT2D eigenvalue weighted by Gasteiger charge is -2.36. The second kappa shape index (κ2) is 9.22. The van der Waals surface area contributed by atoms with Crippen LogP contribution in [0.15, 0.2) is 41.3 Å². The molecule has 0 spiro atoms. The van der Waals surface area contributed by atoms with Gasteiger partial charge in [-0.1, -0.05) is 12.1 Å². The molecule has 2 aromatic carbocycles. The normalized spacial score (nSPS) is 19.0. The molecule has 182 valence electrons. The largest absolute Gasteiger partial charge is 0.495 e. The Morgan fingerprint density at radius 3 is 2.56 bits per heavy atom. The van der Waals surface area contributed by atoms with Gasteiger partial charge < -0.3 is 24.4 Å². The van der Waals surface area contributed by atoms with Crippen molar-refractivity contribution in [2.24, 2.45) is 0 Å². The monoisotopic (exact) mass is 488 g/mol. The summed E-state index contributed by atoms with van der Waals surface area (Å²) in [5.74, 6) is 1.57. The van der Waals surface area contributed by atoms with E-state index in [1.807, 2.05) is 18.2 Å². The Morgan fingerprint density at radius 2 is 1.76 bits per heavy atom. The van der Waals surface area contributed by atoms with Crippen LogP contribution in [0, 0.1) is 0 Å². The van der Waals surface area contributed by atoms with Crippen LogP contribution in [0.25, 0.3) is 0 Å². The van der Waals surface area contributed by atoms with Crippen molar-refractivity contribution >= 4 is 27.4 Å². The van der Waals surface area contributed by atoms with Gasteiger partial charge in [0.25, 0.3) is 10.0 Å². The zero-order valence-electron chi connectivity index (χ0n) is 19.0. The molecule has 11 heteroatoms. The van der Waals surface area contributed by atoms with Gasteiger partial charge in [0.2, 0.25) is 6.79 Å². The van der Waals surface area contributed by atoms with Gasteiger partial charge in [-0.3, -0.25) is 4.90 Å². The van der Waals surface area contributed by atoms with Crippen molar-refractivity contribution in [1.29, 1.82) is 0 Å². The number of urea groups is 1. The second-order valence-corrected chi connectivity index (χ2v) is 10.2. The van der Waals surface area contributed by atoms with Gasteiger partial charge >= 0.3 is 6.03 Å². The quantitative estimate of drug-likeness (QED) is 0.594. The standard InChI is InChI=1S/C23H28N4O6S/c1-31-18-7-3-2-6-17(18)26-14-12-25(13-15-26)10-4-5-11-27-23(28)24-21-20(34(27,29)30)9-8-19-22(21)33-16-32-19/h2-3,6-9H,4-5,10-16H2,1H3,(H,24,28). The summed E-state index contributed by atoms with van der Waals surface area (Å²) >= 11 is 0. The van der Waals surface area contributed by atoms with Crippen LogP contribution in [0.1, 0.15) is 12.8 Å². The van der Waals surface area contributed by atoms with E-state index in [4.69, 9.17) is 14.2 Å². The molecule has 3 aliphatic rings. The van der Waals surface area contributed by atoms with E-state index in [1.165, 1.54) is 6.07 Å². The van der Waals surface area contributed by atoms with E-state index in [2.05, 4.69) is 21.2 Å². The first-order valence-electron chi connectivity index (χ1n) is 11.4. The molecule has 1 saturated heterocycles. The Morgan fingerprint density at radius 1 is 1.00 bits per heavy atom. The first-order chi connectivity index (χ1) is 16.5. The molecule has 2 amide bonds. The van der Waals surface area contributed by atoms with Crippen LogP contribution in [0.5, 0.6) is 17.2 Å². The van der Waals surface area contributed by atoms with Crippen LogP contribution in [0.4, 0.5) is 16.2 Å². The molecule has 1 fully saturated rings. The second-order valence-electron chi connectivity index (χ2n) is 8.39. The van der Waals surface area contributed by atoms with Crippen LogP contribution in [-0.4, -0.2) is 76.8 Å². The number of amides is 2. The van der Waals surface area contributed by atoms with Gasteiger partial charge in [0.15, 0.2) is 11.5 Å². The minimum Gasteiger partial charge on any atom is -0.495 e. The predicted molar refractivity (Wildman–Crippen MR) is 126 cm³/mol. The maximum atomic E-state index is 13.1. The van der Waals surface area contributed by atoms with Crippen molar-refractivity contribution in [3.05, 3.63) is 36.4 Å². The van der Waals surface area contributed by atoms with Gasteiger partial charge in [0.05, 0.1) is 12.8 Å². The summed E-state index contributed by atoms with van der Waals surface area (Å²) in [4.78, 5) is 17.3. The van der Waals surface area contributed by atoms with Crippen LogP contribution >= 0.6 is 0 Å². The molecule has 10 nitrogen and oxygen atoms in total. The third-order valence-corrected chi connectivity index (χ3v) is 8.24. The third-order valence-electron chi connectivity index (χ3n) is 6.41. The third kappa shape index (κ3) is 4.09. The summed E-state index contributed by atoms with van der Waals surface area (Å²) in [7, 11) is -2.26. The number of sulfonamides is 1. The summed E-state index contributed by atoms with van der Waals surface area (Å²) in [6.45, 7) is 4.61. The van der Waals surface area contributed by atoms with E-state index in [0.717, 1.165) is 54.9 Å². The Hall–Kier alpha value is -3.18. The molecule has 5 rings (SSSR count). The van der Waals surface area contributed by atoms with E-state index in [-0.39, 0.29) is 29.7 Å². The van der Waals surface area contributed by atoms with Gasteiger partial charge in [-0.15, -0.1) is 0 Å².